The van der Waals surface area contributed by atoms with E-state index < -0.39 is 13.1 Å². The second-order valence-electron chi connectivity index (χ2n) is 2.77. The van der Waals surface area contributed by atoms with Gasteiger partial charge in [-0.15, -0.1) is 0 Å². The lowest BCUT2D eigenvalue weighted by atomic mass is 9.77. The quantitative estimate of drug-likeness (QED) is 0.532. The monoisotopic (exact) mass is 165 g/mol. The van der Waals surface area contributed by atoms with Crippen molar-refractivity contribution in [2.45, 2.75) is 12.4 Å². The summed E-state index contributed by atoms with van der Waals surface area (Å²) in [6.45, 7) is 0. The summed E-state index contributed by atoms with van der Waals surface area (Å²) in [5.74, 6) is -0.604. The van der Waals surface area contributed by atoms with E-state index in [4.69, 9.17) is 15.8 Å². The Kier molecular flexibility index (Phi) is 3.28. The minimum Gasteiger partial charge on any atom is -0.426 e. The van der Waals surface area contributed by atoms with Crippen molar-refractivity contribution in [1.82, 2.24) is 0 Å². The molecule has 0 amide bonds. The lowest BCUT2D eigenvalue weighted by molar-refractivity contribution is 0.386. The average molecular weight is 165 g/mol. The van der Waals surface area contributed by atoms with Gasteiger partial charge in [-0.05, 0) is 12.0 Å². The van der Waals surface area contributed by atoms with Gasteiger partial charge in [0.1, 0.15) is 0 Å². The SMILES string of the molecule is N[C@@H](Cc1ccccc1)B(O)O. The van der Waals surface area contributed by atoms with E-state index in [-0.39, 0.29) is 0 Å². The largest absolute Gasteiger partial charge is 0.469 e. The molecule has 1 rings (SSSR count). The van der Waals surface area contributed by atoms with Gasteiger partial charge in [-0.2, -0.15) is 0 Å². The fourth-order valence-electron chi connectivity index (χ4n) is 0.992. The van der Waals surface area contributed by atoms with Gasteiger partial charge in [0.2, 0.25) is 0 Å². The fraction of sp³-hybridized carbons (Fsp3) is 0.250. The topological polar surface area (TPSA) is 66.5 Å². The van der Waals surface area contributed by atoms with Crippen molar-refractivity contribution in [3.05, 3.63) is 35.9 Å². The summed E-state index contributed by atoms with van der Waals surface area (Å²) >= 11 is 0. The maximum atomic E-state index is 8.71. The Labute approximate surface area is 72.0 Å². The predicted octanol–water partition coefficient (Wildman–Crippen LogP) is -0.432. The molecule has 0 unspecified atom stereocenters. The second kappa shape index (κ2) is 4.26. The van der Waals surface area contributed by atoms with Crippen LogP contribution in [-0.4, -0.2) is 23.1 Å². The van der Waals surface area contributed by atoms with Crippen molar-refractivity contribution in [3.63, 3.8) is 0 Å². The molecular formula is C8H12BNO2. The predicted molar refractivity (Wildman–Crippen MR) is 48.3 cm³/mol. The van der Waals surface area contributed by atoms with Crippen LogP contribution in [0.25, 0.3) is 0 Å². The van der Waals surface area contributed by atoms with Crippen LogP contribution in [0.1, 0.15) is 5.56 Å². The molecule has 0 aliphatic carbocycles. The van der Waals surface area contributed by atoms with Gasteiger partial charge in [-0.1, -0.05) is 30.3 Å². The van der Waals surface area contributed by atoms with Crippen LogP contribution in [-0.2, 0) is 6.42 Å². The van der Waals surface area contributed by atoms with Crippen molar-refractivity contribution < 1.29 is 10.0 Å². The number of nitrogens with two attached hydrogens (primary N) is 1. The van der Waals surface area contributed by atoms with E-state index in [9.17, 15) is 0 Å². The minimum atomic E-state index is -1.44. The van der Waals surface area contributed by atoms with Crippen molar-refractivity contribution in [3.8, 4) is 0 Å². The number of benzene rings is 1. The fourth-order valence-corrected chi connectivity index (χ4v) is 0.992. The highest BCUT2D eigenvalue weighted by Gasteiger charge is 2.18. The first-order chi connectivity index (χ1) is 5.70. The van der Waals surface area contributed by atoms with Crippen LogP contribution in [0.5, 0.6) is 0 Å². The molecule has 3 nitrogen and oxygen atoms in total. The first-order valence-corrected chi connectivity index (χ1v) is 3.86. The van der Waals surface area contributed by atoms with Gasteiger partial charge in [0, 0.05) is 5.94 Å². The summed E-state index contributed by atoms with van der Waals surface area (Å²) in [6.07, 6.45) is 0.485. The number of rotatable bonds is 3. The Hall–Kier alpha value is -0.835. The summed E-state index contributed by atoms with van der Waals surface area (Å²) in [5, 5.41) is 17.4. The molecule has 0 saturated carbocycles. The van der Waals surface area contributed by atoms with Crippen molar-refractivity contribution in [1.29, 1.82) is 0 Å². The molecule has 0 fully saturated rings. The third kappa shape index (κ3) is 2.66. The van der Waals surface area contributed by atoms with E-state index in [1.54, 1.807) is 0 Å². The number of hydrogen-bond acceptors (Lipinski definition) is 3. The molecule has 0 heterocycles. The standard InChI is InChI=1S/C8H12BNO2/c10-8(9(11)12)6-7-4-2-1-3-5-7/h1-5,8,11-12H,6,10H2/t8-/m0/s1. The summed E-state index contributed by atoms with van der Waals surface area (Å²) < 4.78 is 0. The first kappa shape index (κ1) is 9.25. The molecular weight excluding hydrogens is 153 g/mol. The lowest BCUT2D eigenvalue weighted by Gasteiger charge is -2.09. The highest BCUT2D eigenvalue weighted by Crippen LogP contribution is 2.01. The van der Waals surface area contributed by atoms with Crippen LogP contribution >= 0.6 is 0 Å². The molecule has 1 aromatic rings. The maximum Gasteiger partial charge on any atom is 0.469 e. The zero-order valence-corrected chi connectivity index (χ0v) is 6.72. The van der Waals surface area contributed by atoms with Crippen LogP contribution in [0, 0.1) is 0 Å². The van der Waals surface area contributed by atoms with Gasteiger partial charge in [0.05, 0.1) is 0 Å². The van der Waals surface area contributed by atoms with E-state index in [1.165, 1.54) is 0 Å². The third-order valence-electron chi connectivity index (χ3n) is 1.70. The molecule has 0 aliphatic heterocycles. The van der Waals surface area contributed by atoms with Crippen molar-refractivity contribution in [2.75, 3.05) is 0 Å². The molecule has 12 heavy (non-hydrogen) atoms. The Morgan fingerprint density at radius 3 is 2.33 bits per heavy atom. The third-order valence-corrected chi connectivity index (χ3v) is 1.70. The maximum absolute atomic E-state index is 8.71. The van der Waals surface area contributed by atoms with Crippen LogP contribution < -0.4 is 5.73 Å². The molecule has 4 heteroatoms. The van der Waals surface area contributed by atoms with Crippen LogP contribution in [0.2, 0.25) is 0 Å². The highest BCUT2D eigenvalue weighted by atomic mass is 16.4. The van der Waals surface area contributed by atoms with Gasteiger partial charge in [-0.3, -0.25) is 0 Å². The van der Waals surface area contributed by atoms with Crippen molar-refractivity contribution >= 4 is 7.12 Å². The Morgan fingerprint density at radius 2 is 1.83 bits per heavy atom. The molecule has 64 valence electrons. The van der Waals surface area contributed by atoms with Gasteiger partial charge in [0.15, 0.2) is 0 Å². The van der Waals surface area contributed by atoms with Crippen LogP contribution in [0.3, 0.4) is 0 Å². The first-order valence-electron chi connectivity index (χ1n) is 3.86. The Morgan fingerprint density at radius 1 is 1.25 bits per heavy atom. The summed E-state index contributed by atoms with van der Waals surface area (Å²) in [6, 6.07) is 9.51. The van der Waals surface area contributed by atoms with Gasteiger partial charge in [-0.25, -0.2) is 0 Å². The molecule has 0 aliphatic rings. The number of hydrogen-bond donors (Lipinski definition) is 3. The van der Waals surface area contributed by atoms with Crippen LogP contribution in [0.4, 0.5) is 0 Å². The highest BCUT2D eigenvalue weighted by molar-refractivity contribution is 6.43. The summed E-state index contributed by atoms with van der Waals surface area (Å²) in [7, 11) is -1.44. The molecule has 0 radical (unpaired) electrons. The van der Waals surface area contributed by atoms with E-state index in [0.29, 0.717) is 6.42 Å². The average Bonchev–Trinajstić information content (AvgIpc) is 2.06. The minimum absolute atomic E-state index is 0.485. The van der Waals surface area contributed by atoms with Gasteiger partial charge >= 0.3 is 7.12 Å². The Balaban J connectivity index is 2.53. The second-order valence-corrected chi connectivity index (χ2v) is 2.77. The molecule has 4 N–H and O–H groups in total. The van der Waals surface area contributed by atoms with E-state index >= 15 is 0 Å². The van der Waals surface area contributed by atoms with Crippen molar-refractivity contribution in [2.24, 2.45) is 5.73 Å². The molecule has 1 atom stereocenters. The molecule has 0 spiro atoms. The van der Waals surface area contributed by atoms with Gasteiger partial charge < -0.3 is 15.8 Å². The Bertz CT molecular complexity index is 228. The zero-order chi connectivity index (χ0) is 8.97. The smallest absolute Gasteiger partial charge is 0.426 e. The van der Waals surface area contributed by atoms with Gasteiger partial charge in [0.25, 0.3) is 0 Å². The summed E-state index contributed by atoms with van der Waals surface area (Å²) in [5.41, 5.74) is 6.46. The van der Waals surface area contributed by atoms with E-state index in [2.05, 4.69) is 0 Å². The van der Waals surface area contributed by atoms with Crippen LogP contribution in [0.15, 0.2) is 30.3 Å². The normalized spacial score (nSPS) is 12.6. The molecule has 0 aromatic heterocycles. The molecule has 1 aromatic carbocycles. The zero-order valence-electron chi connectivity index (χ0n) is 6.72. The molecule has 0 saturated heterocycles. The van der Waals surface area contributed by atoms with E-state index in [0.717, 1.165) is 5.56 Å². The lowest BCUT2D eigenvalue weighted by Crippen LogP contribution is -2.40. The van der Waals surface area contributed by atoms with E-state index in [1.807, 2.05) is 30.3 Å². The molecule has 0 bridgehead atoms. The summed E-state index contributed by atoms with van der Waals surface area (Å²) in [4.78, 5) is 0.